The quantitative estimate of drug-likeness (QED) is 0.848. The van der Waals surface area contributed by atoms with Crippen LogP contribution in [0, 0.1) is 0 Å². The molecule has 0 radical (unpaired) electrons. The minimum atomic E-state index is -5.96. The van der Waals surface area contributed by atoms with Gasteiger partial charge in [0.1, 0.15) is 5.75 Å². The van der Waals surface area contributed by atoms with Gasteiger partial charge >= 0.3 is 18.0 Å². The van der Waals surface area contributed by atoms with Crippen LogP contribution in [0.3, 0.4) is 0 Å². The van der Waals surface area contributed by atoms with Crippen LogP contribution in [-0.4, -0.2) is 25.1 Å². The van der Waals surface area contributed by atoms with Crippen LogP contribution in [0.4, 0.5) is 27.6 Å². The van der Waals surface area contributed by atoms with Crippen LogP contribution in [0.5, 0.6) is 5.75 Å². The summed E-state index contributed by atoms with van der Waals surface area (Å²) in [5, 5.41) is 1.50. The zero-order valence-electron chi connectivity index (χ0n) is 9.32. The summed E-state index contributed by atoms with van der Waals surface area (Å²) in [6.07, 6.45) is -5.96. The lowest BCUT2D eigenvalue weighted by molar-refractivity contribution is -0.267. The summed E-state index contributed by atoms with van der Waals surface area (Å²) in [7, 11) is 1.28. The Hall–Kier alpha value is -1.38. The molecule has 1 N–H and O–H groups in total. The van der Waals surface area contributed by atoms with Crippen LogP contribution < -0.4 is 10.1 Å². The third-order valence-corrected chi connectivity index (χ3v) is 2.75. The molecule has 0 unspecified atom stereocenters. The number of anilines is 1. The number of benzene rings is 1. The number of methoxy groups -OCH3 is 1. The number of halogens is 6. The number of carbonyl (C=O) groups is 1. The maximum Gasteiger partial charge on any atom is 0.463 e. The normalized spacial score (nSPS) is 12.2. The Bertz CT molecular complexity index is 489. The second kappa shape index (κ2) is 5.32. The zero-order valence-corrected chi connectivity index (χ0v) is 10.9. The third kappa shape index (κ3) is 3.34. The van der Waals surface area contributed by atoms with Crippen LogP contribution in [0.15, 0.2) is 22.7 Å². The summed E-state index contributed by atoms with van der Waals surface area (Å²) < 4.78 is 66.3. The number of alkyl halides is 5. The summed E-state index contributed by atoms with van der Waals surface area (Å²) in [5.74, 6) is -7.75. The van der Waals surface area contributed by atoms with E-state index in [4.69, 9.17) is 4.74 Å². The maximum absolute atomic E-state index is 12.7. The number of carbonyl (C=O) groups excluding carboxylic acids is 1. The van der Waals surface area contributed by atoms with Crippen molar-refractivity contribution in [2.24, 2.45) is 0 Å². The van der Waals surface area contributed by atoms with Gasteiger partial charge in [0.15, 0.2) is 0 Å². The van der Waals surface area contributed by atoms with Crippen molar-refractivity contribution >= 4 is 27.5 Å². The van der Waals surface area contributed by atoms with Crippen molar-refractivity contribution in [1.82, 2.24) is 0 Å². The second-order valence-electron chi connectivity index (χ2n) is 3.37. The highest BCUT2D eigenvalue weighted by Gasteiger charge is 2.63. The Morgan fingerprint density at radius 1 is 1.26 bits per heavy atom. The summed E-state index contributed by atoms with van der Waals surface area (Å²) in [4.78, 5) is 11.0. The fourth-order valence-electron chi connectivity index (χ4n) is 1.06. The van der Waals surface area contributed by atoms with E-state index < -0.39 is 18.0 Å². The molecule has 1 amide bonds. The number of hydrogen-bond acceptors (Lipinski definition) is 2. The van der Waals surface area contributed by atoms with E-state index in [0.29, 0.717) is 0 Å². The van der Waals surface area contributed by atoms with Crippen molar-refractivity contribution in [3.05, 3.63) is 22.7 Å². The molecule has 0 aromatic heterocycles. The Morgan fingerprint density at radius 3 is 2.32 bits per heavy atom. The van der Waals surface area contributed by atoms with Crippen LogP contribution in [0.1, 0.15) is 0 Å². The standard InChI is InChI=1S/C10H7BrF5NO2/c1-19-5-2-3-6(11)7(4-5)17-8(18)9(12,13)10(14,15)16/h2-4H,1H3,(H,17,18). The van der Waals surface area contributed by atoms with Gasteiger partial charge in [-0.15, -0.1) is 0 Å². The predicted molar refractivity (Wildman–Crippen MR) is 60.3 cm³/mol. The fraction of sp³-hybridized carbons (Fsp3) is 0.300. The van der Waals surface area contributed by atoms with E-state index in [9.17, 15) is 26.7 Å². The van der Waals surface area contributed by atoms with Crippen LogP contribution in [0.25, 0.3) is 0 Å². The fourth-order valence-corrected chi connectivity index (χ4v) is 1.40. The minimum absolute atomic E-state index is 0.139. The van der Waals surface area contributed by atoms with Crippen molar-refractivity contribution in [1.29, 1.82) is 0 Å². The summed E-state index contributed by atoms with van der Waals surface area (Å²) in [6, 6.07) is 3.87. The first-order valence-corrected chi connectivity index (χ1v) is 5.48. The lowest BCUT2D eigenvalue weighted by atomic mass is 10.2. The van der Waals surface area contributed by atoms with E-state index in [1.165, 1.54) is 24.6 Å². The maximum atomic E-state index is 12.7. The molecule has 0 aliphatic heterocycles. The molecule has 0 spiro atoms. The highest BCUT2D eigenvalue weighted by molar-refractivity contribution is 9.10. The molecule has 9 heteroatoms. The van der Waals surface area contributed by atoms with Gasteiger partial charge in [0.2, 0.25) is 0 Å². The summed E-state index contributed by atoms with van der Waals surface area (Å²) in [6.45, 7) is 0. The summed E-state index contributed by atoms with van der Waals surface area (Å²) >= 11 is 2.91. The van der Waals surface area contributed by atoms with E-state index in [2.05, 4.69) is 15.9 Å². The van der Waals surface area contributed by atoms with Crippen LogP contribution in [-0.2, 0) is 4.79 Å². The number of amides is 1. The monoisotopic (exact) mass is 347 g/mol. The van der Waals surface area contributed by atoms with Gasteiger partial charge in [0.05, 0.1) is 12.8 Å². The van der Waals surface area contributed by atoms with Gasteiger partial charge in [-0.1, -0.05) is 0 Å². The zero-order chi connectivity index (χ0) is 14.8. The van der Waals surface area contributed by atoms with Gasteiger partial charge in [-0.25, -0.2) is 0 Å². The van der Waals surface area contributed by atoms with Crippen LogP contribution in [0.2, 0.25) is 0 Å². The van der Waals surface area contributed by atoms with Crippen molar-refractivity contribution in [3.63, 3.8) is 0 Å². The third-order valence-electron chi connectivity index (χ3n) is 2.06. The minimum Gasteiger partial charge on any atom is -0.497 e. The van der Waals surface area contributed by atoms with Crippen LogP contribution >= 0.6 is 15.9 Å². The highest BCUT2D eigenvalue weighted by Crippen LogP contribution is 2.37. The molecule has 1 aromatic rings. The molecule has 0 heterocycles. The number of hydrogen-bond donors (Lipinski definition) is 1. The highest BCUT2D eigenvalue weighted by atomic mass is 79.9. The van der Waals surface area contributed by atoms with Crippen molar-refractivity contribution < 1.29 is 31.5 Å². The second-order valence-corrected chi connectivity index (χ2v) is 4.23. The summed E-state index contributed by atoms with van der Waals surface area (Å²) in [5.41, 5.74) is -0.256. The number of ether oxygens (including phenoxy) is 1. The molecule has 0 saturated heterocycles. The molecule has 3 nitrogen and oxygen atoms in total. The molecular weight excluding hydrogens is 341 g/mol. The number of nitrogens with one attached hydrogen (secondary N) is 1. The number of rotatable bonds is 3. The Morgan fingerprint density at radius 2 is 1.84 bits per heavy atom. The smallest absolute Gasteiger partial charge is 0.463 e. The largest absolute Gasteiger partial charge is 0.497 e. The molecule has 106 valence electrons. The van der Waals surface area contributed by atoms with Gasteiger partial charge in [-0.2, -0.15) is 22.0 Å². The predicted octanol–water partition coefficient (Wildman–Crippen LogP) is 3.59. The average Bonchev–Trinajstić information content (AvgIpc) is 2.30. The molecular formula is C10H7BrF5NO2. The molecule has 19 heavy (non-hydrogen) atoms. The molecule has 0 saturated carbocycles. The Kier molecular flexibility index (Phi) is 4.39. The van der Waals surface area contributed by atoms with E-state index in [1.54, 1.807) is 0 Å². The van der Waals surface area contributed by atoms with E-state index in [0.717, 1.165) is 6.07 Å². The van der Waals surface area contributed by atoms with Crippen molar-refractivity contribution in [2.75, 3.05) is 12.4 Å². The molecule has 0 bridgehead atoms. The van der Waals surface area contributed by atoms with Gasteiger partial charge in [-0.3, -0.25) is 4.79 Å². The van der Waals surface area contributed by atoms with Gasteiger partial charge in [-0.05, 0) is 28.1 Å². The van der Waals surface area contributed by atoms with Gasteiger partial charge in [0.25, 0.3) is 0 Å². The molecule has 1 rings (SSSR count). The Balaban J connectivity index is 3.00. The van der Waals surface area contributed by atoms with Gasteiger partial charge < -0.3 is 10.1 Å². The first-order valence-electron chi connectivity index (χ1n) is 4.69. The lowest BCUT2D eigenvalue weighted by Crippen LogP contribution is -2.47. The van der Waals surface area contributed by atoms with E-state index >= 15 is 0 Å². The van der Waals surface area contributed by atoms with Gasteiger partial charge in [0, 0.05) is 10.5 Å². The van der Waals surface area contributed by atoms with Crippen molar-refractivity contribution in [2.45, 2.75) is 12.1 Å². The SMILES string of the molecule is COc1ccc(Br)c(NC(=O)C(F)(F)C(F)(F)F)c1. The van der Waals surface area contributed by atoms with E-state index in [-0.39, 0.29) is 15.9 Å². The van der Waals surface area contributed by atoms with Crippen molar-refractivity contribution in [3.8, 4) is 5.75 Å². The lowest BCUT2D eigenvalue weighted by Gasteiger charge is -2.19. The first kappa shape index (κ1) is 15.7. The molecule has 0 atom stereocenters. The Labute approximate surface area is 112 Å². The molecule has 0 aliphatic rings. The average molecular weight is 348 g/mol. The molecule has 0 fully saturated rings. The first-order chi connectivity index (χ1) is 8.59. The topological polar surface area (TPSA) is 38.3 Å². The molecule has 1 aromatic carbocycles. The molecule has 0 aliphatic carbocycles. The van der Waals surface area contributed by atoms with E-state index in [1.807, 2.05) is 0 Å².